The van der Waals surface area contributed by atoms with E-state index in [0.717, 1.165) is 12.4 Å². The fourth-order valence-corrected chi connectivity index (χ4v) is 1.25. The largest absolute Gasteiger partial charge is 0.370 e. The lowest BCUT2D eigenvalue weighted by Crippen LogP contribution is -2.28. The van der Waals surface area contributed by atoms with Gasteiger partial charge in [0.15, 0.2) is 0 Å². The number of likely N-dealkylation sites (N-methyl/N-ethyl adjacent to an activating group) is 1. The van der Waals surface area contributed by atoms with E-state index in [1.165, 1.54) is 4.90 Å². The zero-order valence-electron chi connectivity index (χ0n) is 10.7. The molecule has 0 atom stereocenters. The molecular formula is C11H19N5O. The molecule has 0 fully saturated rings. The average Bonchev–Trinajstić information content (AvgIpc) is 2.25. The maximum Gasteiger partial charge on any atom is 0.241 e. The Morgan fingerprint density at radius 2 is 1.88 bits per heavy atom. The highest BCUT2D eigenvalue weighted by Gasteiger charge is 2.05. The van der Waals surface area contributed by atoms with Crippen molar-refractivity contribution in [1.82, 2.24) is 14.9 Å². The maximum atomic E-state index is 11.4. The van der Waals surface area contributed by atoms with Crippen LogP contribution in [0.5, 0.6) is 0 Å². The predicted molar refractivity (Wildman–Crippen MR) is 68.1 cm³/mol. The summed E-state index contributed by atoms with van der Waals surface area (Å²) in [6, 6.07) is 1.79. The Hall–Kier alpha value is -1.85. The first kappa shape index (κ1) is 13.2. The topological polar surface area (TPSA) is 70.2 Å². The summed E-state index contributed by atoms with van der Waals surface area (Å²) in [7, 11) is 3.44. The second-order valence-electron chi connectivity index (χ2n) is 3.86. The van der Waals surface area contributed by atoms with Gasteiger partial charge in [-0.3, -0.25) is 4.79 Å². The number of nitrogens with one attached hydrogen (secondary N) is 2. The van der Waals surface area contributed by atoms with E-state index in [1.54, 1.807) is 20.2 Å². The molecule has 1 rings (SSSR count). The molecule has 1 aromatic rings. The van der Waals surface area contributed by atoms with Gasteiger partial charge in [0.25, 0.3) is 0 Å². The first-order valence-corrected chi connectivity index (χ1v) is 5.56. The van der Waals surface area contributed by atoms with Gasteiger partial charge in [-0.1, -0.05) is 0 Å². The minimum atomic E-state index is 0.00580. The number of anilines is 2. The molecule has 0 radical (unpaired) electrons. The molecule has 0 aromatic carbocycles. The summed E-state index contributed by atoms with van der Waals surface area (Å²) in [5.74, 6) is 2.10. The summed E-state index contributed by atoms with van der Waals surface area (Å²) in [4.78, 5) is 21.4. The van der Waals surface area contributed by atoms with E-state index in [9.17, 15) is 4.79 Å². The fraction of sp³-hybridized carbons (Fsp3) is 0.545. The van der Waals surface area contributed by atoms with E-state index < -0.39 is 0 Å². The minimum Gasteiger partial charge on any atom is -0.370 e. The van der Waals surface area contributed by atoms with Crippen molar-refractivity contribution in [3.63, 3.8) is 0 Å². The van der Waals surface area contributed by atoms with Gasteiger partial charge >= 0.3 is 0 Å². The van der Waals surface area contributed by atoms with Crippen LogP contribution in [0.25, 0.3) is 0 Å². The van der Waals surface area contributed by atoms with Gasteiger partial charge in [-0.2, -0.15) is 0 Å². The Labute approximate surface area is 101 Å². The number of carbonyl (C=O) groups is 1. The Morgan fingerprint density at radius 1 is 1.29 bits per heavy atom. The zero-order valence-corrected chi connectivity index (χ0v) is 10.7. The van der Waals surface area contributed by atoms with Gasteiger partial charge in [-0.05, 0) is 13.8 Å². The summed E-state index contributed by atoms with van der Waals surface area (Å²) in [5, 5.41) is 6.10. The van der Waals surface area contributed by atoms with Gasteiger partial charge in [0, 0.05) is 26.7 Å². The zero-order chi connectivity index (χ0) is 12.8. The lowest BCUT2D eigenvalue weighted by molar-refractivity contribution is -0.126. The molecule has 2 N–H and O–H groups in total. The van der Waals surface area contributed by atoms with Crippen LogP contribution in [0.2, 0.25) is 0 Å². The predicted octanol–water partition coefficient (Wildman–Crippen LogP) is 0.717. The molecule has 0 spiro atoms. The van der Waals surface area contributed by atoms with Crippen LogP contribution < -0.4 is 10.6 Å². The molecule has 0 aliphatic carbocycles. The lowest BCUT2D eigenvalue weighted by atomic mass is 10.4. The van der Waals surface area contributed by atoms with E-state index in [0.29, 0.717) is 11.6 Å². The Kier molecular flexibility index (Phi) is 4.68. The normalized spacial score (nSPS) is 9.88. The van der Waals surface area contributed by atoms with E-state index in [-0.39, 0.29) is 12.5 Å². The fourth-order valence-electron chi connectivity index (χ4n) is 1.25. The number of amides is 1. The molecule has 0 saturated heterocycles. The lowest BCUT2D eigenvalue weighted by Gasteiger charge is -2.12. The molecule has 1 heterocycles. The van der Waals surface area contributed by atoms with Gasteiger partial charge in [0.2, 0.25) is 5.91 Å². The molecule has 1 aromatic heterocycles. The van der Waals surface area contributed by atoms with Gasteiger partial charge in [-0.15, -0.1) is 0 Å². The third-order valence-electron chi connectivity index (χ3n) is 2.12. The molecule has 94 valence electrons. The van der Waals surface area contributed by atoms with E-state index in [4.69, 9.17) is 0 Å². The molecular weight excluding hydrogens is 218 g/mol. The van der Waals surface area contributed by atoms with Crippen molar-refractivity contribution >= 4 is 17.5 Å². The third kappa shape index (κ3) is 4.26. The molecule has 6 nitrogen and oxygen atoms in total. The number of aryl methyl sites for hydroxylation is 1. The van der Waals surface area contributed by atoms with Gasteiger partial charge in [0.05, 0.1) is 6.54 Å². The Balaban J connectivity index is 2.67. The van der Waals surface area contributed by atoms with Crippen LogP contribution >= 0.6 is 0 Å². The Bertz CT molecular complexity index is 391. The maximum absolute atomic E-state index is 11.4. The molecule has 6 heteroatoms. The van der Waals surface area contributed by atoms with Crippen LogP contribution in [0, 0.1) is 6.92 Å². The van der Waals surface area contributed by atoms with Crippen molar-refractivity contribution < 1.29 is 4.79 Å². The van der Waals surface area contributed by atoms with Crippen LogP contribution in [-0.4, -0.2) is 48.0 Å². The van der Waals surface area contributed by atoms with Crippen LogP contribution in [0.1, 0.15) is 12.7 Å². The smallest absolute Gasteiger partial charge is 0.241 e. The van der Waals surface area contributed by atoms with Crippen molar-refractivity contribution in [3.05, 3.63) is 11.9 Å². The summed E-state index contributed by atoms with van der Waals surface area (Å²) < 4.78 is 0. The minimum absolute atomic E-state index is 0.00580. The average molecular weight is 237 g/mol. The monoisotopic (exact) mass is 237 g/mol. The summed E-state index contributed by atoms with van der Waals surface area (Å²) in [5.41, 5.74) is 0. The summed E-state index contributed by atoms with van der Waals surface area (Å²) >= 11 is 0. The van der Waals surface area contributed by atoms with Gasteiger partial charge in [-0.25, -0.2) is 9.97 Å². The second kappa shape index (κ2) is 6.03. The van der Waals surface area contributed by atoms with Crippen molar-refractivity contribution in [1.29, 1.82) is 0 Å². The van der Waals surface area contributed by atoms with Crippen molar-refractivity contribution in [3.8, 4) is 0 Å². The van der Waals surface area contributed by atoms with Crippen molar-refractivity contribution in [2.24, 2.45) is 0 Å². The molecule has 0 unspecified atom stereocenters. The van der Waals surface area contributed by atoms with E-state index >= 15 is 0 Å². The molecule has 0 aliphatic rings. The van der Waals surface area contributed by atoms with E-state index in [1.807, 2.05) is 13.8 Å². The van der Waals surface area contributed by atoms with Gasteiger partial charge in [0.1, 0.15) is 17.5 Å². The molecule has 0 bridgehead atoms. The van der Waals surface area contributed by atoms with Crippen LogP contribution in [0.3, 0.4) is 0 Å². The van der Waals surface area contributed by atoms with Crippen LogP contribution in [-0.2, 0) is 4.79 Å². The van der Waals surface area contributed by atoms with Crippen molar-refractivity contribution in [2.45, 2.75) is 13.8 Å². The standard InChI is InChI=1S/C11H19N5O/c1-5-12-9-6-10(15-8(2)14-9)13-7-11(17)16(3)4/h6H,5,7H2,1-4H3,(H2,12,13,14,15). The van der Waals surface area contributed by atoms with Crippen molar-refractivity contribution in [2.75, 3.05) is 37.8 Å². The quantitative estimate of drug-likeness (QED) is 0.789. The van der Waals surface area contributed by atoms with Crippen LogP contribution in [0.4, 0.5) is 11.6 Å². The number of hydrogen-bond acceptors (Lipinski definition) is 5. The third-order valence-corrected chi connectivity index (χ3v) is 2.12. The first-order valence-electron chi connectivity index (χ1n) is 5.56. The number of aromatic nitrogens is 2. The van der Waals surface area contributed by atoms with Crippen LogP contribution in [0.15, 0.2) is 6.07 Å². The molecule has 17 heavy (non-hydrogen) atoms. The Morgan fingerprint density at radius 3 is 2.41 bits per heavy atom. The van der Waals surface area contributed by atoms with E-state index in [2.05, 4.69) is 20.6 Å². The highest BCUT2D eigenvalue weighted by Crippen LogP contribution is 2.10. The first-order chi connectivity index (χ1) is 8.02. The second-order valence-corrected chi connectivity index (χ2v) is 3.86. The number of rotatable bonds is 5. The summed E-state index contributed by atoms with van der Waals surface area (Å²) in [6.07, 6.45) is 0. The highest BCUT2D eigenvalue weighted by atomic mass is 16.2. The molecule has 0 saturated carbocycles. The molecule has 1 amide bonds. The summed E-state index contributed by atoms with van der Waals surface area (Å²) in [6.45, 7) is 4.85. The number of nitrogens with zero attached hydrogens (tertiary/aromatic N) is 3. The molecule has 0 aliphatic heterocycles. The number of carbonyl (C=O) groups excluding carboxylic acids is 1. The highest BCUT2D eigenvalue weighted by molar-refractivity contribution is 5.80. The van der Waals surface area contributed by atoms with Gasteiger partial charge < -0.3 is 15.5 Å². The SMILES string of the molecule is CCNc1cc(NCC(=O)N(C)C)nc(C)n1. The number of hydrogen-bond donors (Lipinski definition) is 2.